The van der Waals surface area contributed by atoms with Gasteiger partial charge < -0.3 is 24.3 Å². The van der Waals surface area contributed by atoms with Gasteiger partial charge in [0.25, 0.3) is 5.91 Å². The Morgan fingerprint density at radius 2 is 1.68 bits per heavy atom. The molecule has 0 saturated carbocycles. The Kier molecular flexibility index (Phi) is 4.30. The Morgan fingerprint density at radius 1 is 1.04 bits per heavy atom. The van der Waals surface area contributed by atoms with Gasteiger partial charge in [-0.25, -0.2) is 4.79 Å². The van der Waals surface area contributed by atoms with Gasteiger partial charge >= 0.3 is 5.63 Å². The molecule has 2 N–H and O–H groups in total. The van der Waals surface area contributed by atoms with Crippen molar-refractivity contribution in [1.82, 2.24) is 0 Å². The molecule has 0 radical (unpaired) electrons. The fourth-order valence-corrected chi connectivity index (χ4v) is 2.49. The molecule has 1 heterocycles. The first-order chi connectivity index (χ1) is 12.1. The molecule has 0 aliphatic heterocycles. The maximum atomic E-state index is 12.7. The summed E-state index contributed by atoms with van der Waals surface area (Å²) in [6, 6.07) is 11.3. The average Bonchev–Trinajstić information content (AvgIpc) is 2.64. The van der Waals surface area contributed by atoms with Gasteiger partial charge in [-0.3, -0.25) is 4.79 Å². The normalized spacial score (nSPS) is 10.5. The number of benzene rings is 2. The van der Waals surface area contributed by atoms with Gasteiger partial charge in [-0.05, 0) is 24.3 Å². The van der Waals surface area contributed by atoms with Gasteiger partial charge in [-0.2, -0.15) is 0 Å². The third-order valence-corrected chi connectivity index (χ3v) is 3.68. The molecular formula is C18H15NO6. The van der Waals surface area contributed by atoms with Gasteiger partial charge in [0.1, 0.15) is 22.6 Å². The van der Waals surface area contributed by atoms with E-state index in [0.717, 1.165) is 0 Å². The van der Waals surface area contributed by atoms with Crippen molar-refractivity contribution < 1.29 is 23.8 Å². The number of hydrogen-bond acceptors (Lipinski definition) is 6. The number of carbonyl (C=O) groups is 1. The molecule has 0 atom stereocenters. The highest BCUT2D eigenvalue weighted by Crippen LogP contribution is 2.32. The van der Waals surface area contributed by atoms with Gasteiger partial charge in [0.05, 0.1) is 19.6 Å². The smallest absolute Gasteiger partial charge is 0.364 e. The monoisotopic (exact) mass is 341 g/mol. The Morgan fingerprint density at radius 3 is 2.32 bits per heavy atom. The topological polar surface area (TPSA) is 98.0 Å². The van der Waals surface area contributed by atoms with Crippen LogP contribution >= 0.6 is 0 Å². The number of aromatic hydroxyl groups is 1. The van der Waals surface area contributed by atoms with Crippen molar-refractivity contribution in [3.8, 4) is 17.2 Å². The molecule has 128 valence electrons. The molecule has 3 aromatic rings. The summed E-state index contributed by atoms with van der Waals surface area (Å²) in [5.41, 5.74) is -0.896. The quantitative estimate of drug-likeness (QED) is 0.708. The van der Waals surface area contributed by atoms with Crippen molar-refractivity contribution in [3.05, 3.63) is 58.4 Å². The second kappa shape index (κ2) is 6.56. The first-order valence-corrected chi connectivity index (χ1v) is 7.34. The van der Waals surface area contributed by atoms with E-state index in [4.69, 9.17) is 13.9 Å². The predicted octanol–water partition coefficient (Wildman–Crippen LogP) is 2.77. The highest BCUT2D eigenvalue weighted by Gasteiger charge is 2.22. The van der Waals surface area contributed by atoms with E-state index in [2.05, 4.69) is 5.32 Å². The third kappa shape index (κ3) is 2.87. The Balaban J connectivity index is 2.08. The van der Waals surface area contributed by atoms with Crippen LogP contribution in [0.4, 0.5) is 5.69 Å². The number of methoxy groups -OCH3 is 2. The van der Waals surface area contributed by atoms with Gasteiger partial charge in [-0.1, -0.05) is 18.2 Å². The Labute approximate surface area is 142 Å². The number of amides is 1. The summed E-state index contributed by atoms with van der Waals surface area (Å²) in [5, 5.41) is 13.0. The molecule has 7 nitrogen and oxygen atoms in total. The summed E-state index contributed by atoms with van der Waals surface area (Å²) in [6.45, 7) is 0. The van der Waals surface area contributed by atoms with Crippen LogP contribution in [-0.2, 0) is 0 Å². The SMILES string of the molecule is COc1cccc(OC)c1C(=O)Nc1c(O)c2ccccc2oc1=O. The van der Waals surface area contributed by atoms with Crippen molar-refractivity contribution in [2.24, 2.45) is 0 Å². The number of anilines is 1. The lowest BCUT2D eigenvalue weighted by Crippen LogP contribution is -2.19. The lowest BCUT2D eigenvalue weighted by molar-refractivity contribution is 0.102. The highest BCUT2D eigenvalue weighted by molar-refractivity contribution is 6.09. The van der Waals surface area contributed by atoms with Crippen LogP contribution in [0.1, 0.15) is 10.4 Å². The number of hydrogen-bond donors (Lipinski definition) is 2. The molecule has 0 aliphatic rings. The summed E-state index contributed by atoms with van der Waals surface area (Å²) >= 11 is 0. The summed E-state index contributed by atoms with van der Waals surface area (Å²) in [7, 11) is 2.82. The van der Waals surface area contributed by atoms with E-state index in [1.165, 1.54) is 14.2 Å². The van der Waals surface area contributed by atoms with Gasteiger partial charge in [-0.15, -0.1) is 0 Å². The number of fused-ring (bicyclic) bond motifs is 1. The molecule has 0 saturated heterocycles. The predicted molar refractivity (Wildman–Crippen MR) is 91.6 cm³/mol. The molecule has 7 heteroatoms. The zero-order valence-corrected chi connectivity index (χ0v) is 13.5. The number of rotatable bonds is 4. The summed E-state index contributed by atoms with van der Waals surface area (Å²) in [4.78, 5) is 24.8. The van der Waals surface area contributed by atoms with Crippen molar-refractivity contribution in [1.29, 1.82) is 0 Å². The largest absolute Gasteiger partial charge is 0.505 e. The van der Waals surface area contributed by atoms with E-state index in [-0.39, 0.29) is 34.1 Å². The first-order valence-electron chi connectivity index (χ1n) is 7.34. The van der Waals surface area contributed by atoms with E-state index in [1.807, 2.05) is 0 Å². The van der Waals surface area contributed by atoms with E-state index in [9.17, 15) is 14.7 Å². The highest BCUT2D eigenvalue weighted by atomic mass is 16.5. The van der Waals surface area contributed by atoms with Crippen molar-refractivity contribution >= 4 is 22.6 Å². The Bertz CT molecular complexity index is 986. The number of ether oxygens (including phenoxy) is 2. The van der Waals surface area contributed by atoms with Crippen LogP contribution in [0.5, 0.6) is 17.2 Å². The summed E-state index contributed by atoms with van der Waals surface area (Å²) in [5.74, 6) is -0.510. The van der Waals surface area contributed by atoms with Crippen LogP contribution in [0.2, 0.25) is 0 Å². The van der Waals surface area contributed by atoms with Crippen LogP contribution in [0.15, 0.2) is 51.7 Å². The van der Waals surface area contributed by atoms with Gasteiger partial charge in [0.2, 0.25) is 0 Å². The molecule has 0 fully saturated rings. The molecule has 0 aliphatic carbocycles. The van der Waals surface area contributed by atoms with Crippen LogP contribution in [0.3, 0.4) is 0 Å². The Hall–Kier alpha value is -3.48. The second-order valence-corrected chi connectivity index (χ2v) is 5.10. The molecule has 0 unspecified atom stereocenters. The molecule has 25 heavy (non-hydrogen) atoms. The second-order valence-electron chi connectivity index (χ2n) is 5.10. The number of carbonyl (C=O) groups excluding carboxylic acids is 1. The zero-order chi connectivity index (χ0) is 18.0. The van der Waals surface area contributed by atoms with Gasteiger partial charge in [0.15, 0.2) is 11.4 Å². The van der Waals surface area contributed by atoms with Crippen molar-refractivity contribution in [3.63, 3.8) is 0 Å². The standard InChI is InChI=1S/C18H15NO6/c1-23-12-8-5-9-13(24-2)14(12)17(21)19-15-16(20)10-6-3-4-7-11(10)25-18(15)22/h3-9,20H,1-2H3,(H,19,21). The minimum absolute atomic E-state index is 0.0967. The lowest BCUT2D eigenvalue weighted by Gasteiger charge is -2.13. The molecule has 0 spiro atoms. The summed E-state index contributed by atoms with van der Waals surface area (Å²) < 4.78 is 15.5. The molecule has 3 rings (SSSR count). The average molecular weight is 341 g/mol. The fourth-order valence-electron chi connectivity index (χ4n) is 2.49. The zero-order valence-electron chi connectivity index (χ0n) is 13.5. The maximum Gasteiger partial charge on any atom is 0.364 e. The molecule has 2 aromatic carbocycles. The van der Waals surface area contributed by atoms with Crippen LogP contribution in [0.25, 0.3) is 11.0 Å². The molecule has 1 aromatic heterocycles. The van der Waals surface area contributed by atoms with Crippen molar-refractivity contribution in [2.75, 3.05) is 19.5 Å². The lowest BCUT2D eigenvalue weighted by atomic mass is 10.1. The van der Waals surface area contributed by atoms with E-state index in [0.29, 0.717) is 5.39 Å². The fraction of sp³-hybridized carbons (Fsp3) is 0.111. The van der Waals surface area contributed by atoms with Crippen LogP contribution < -0.4 is 20.4 Å². The van der Waals surface area contributed by atoms with E-state index >= 15 is 0 Å². The van der Waals surface area contributed by atoms with Crippen molar-refractivity contribution in [2.45, 2.75) is 0 Å². The summed E-state index contributed by atoms with van der Waals surface area (Å²) in [6.07, 6.45) is 0. The minimum atomic E-state index is -0.863. The van der Waals surface area contributed by atoms with E-state index < -0.39 is 11.5 Å². The van der Waals surface area contributed by atoms with Gasteiger partial charge in [0, 0.05) is 0 Å². The third-order valence-electron chi connectivity index (χ3n) is 3.68. The molecule has 1 amide bonds. The first kappa shape index (κ1) is 16.4. The van der Waals surface area contributed by atoms with E-state index in [1.54, 1.807) is 42.5 Å². The minimum Gasteiger partial charge on any atom is -0.505 e. The van der Waals surface area contributed by atoms with Crippen LogP contribution in [-0.4, -0.2) is 25.2 Å². The number of para-hydroxylation sites is 1. The maximum absolute atomic E-state index is 12.7. The molecule has 0 bridgehead atoms. The number of nitrogens with one attached hydrogen (secondary N) is 1. The molecular weight excluding hydrogens is 326 g/mol. The van der Waals surface area contributed by atoms with Crippen LogP contribution in [0, 0.1) is 0 Å².